The Morgan fingerprint density at radius 1 is 0.213 bits per heavy atom. The smallest absolute Gasteiger partial charge is 0.272 e. The van der Waals surface area contributed by atoms with Gasteiger partial charge in [0.15, 0.2) is 0 Å². The van der Waals surface area contributed by atoms with E-state index in [9.17, 15) is 57.5 Å². The zero-order chi connectivity index (χ0) is 108. The van der Waals surface area contributed by atoms with E-state index in [4.69, 9.17) is 0 Å². The van der Waals surface area contributed by atoms with Gasteiger partial charge in [-0.1, -0.05) is 169 Å². The highest BCUT2D eigenvalue weighted by Crippen LogP contribution is 2.38. The Hall–Kier alpha value is -18.1. The molecule has 12 amide bonds. The molecule has 36 heteroatoms. The van der Waals surface area contributed by atoms with Crippen LogP contribution in [0, 0.1) is 77.0 Å². The lowest BCUT2D eigenvalue weighted by atomic mass is 9.98. The number of rotatable bonds is 16. The van der Waals surface area contributed by atoms with Crippen LogP contribution in [0.15, 0.2) is 337 Å². The summed E-state index contributed by atoms with van der Waals surface area (Å²) in [6.07, 6.45) is 10.1. The summed E-state index contributed by atoms with van der Waals surface area (Å²) < 4.78 is 0. The third-order valence-corrected chi connectivity index (χ3v) is 26.2. The number of benzene rings is 8. The van der Waals surface area contributed by atoms with Crippen molar-refractivity contribution in [3.63, 3.8) is 0 Å². The van der Waals surface area contributed by atoms with Crippen LogP contribution in [-0.4, -0.2) is 187 Å². The summed E-state index contributed by atoms with van der Waals surface area (Å²) in [5, 5.41) is 68.3. The molecule has 0 aliphatic carbocycles. The van der Waals surface area contributed by atoms with Crippen LogP contribution < -0.4 is 40.1 Å². The molecule has 12 aliphatic heterocycles. The summed E-state index contributed by atoms with van der Waals surface area (Å²) in [6.45, 7) is 38.0. The molecule has 0 spiro atoms. The number of hydrogen-bond acceptors (Lipinski definition) is 24. The first kappa shape index (κ1) is 106. The Morgan fingerprint density at radius 3 is 0.860 bits per heavy atom. The Bertz CT molecular complexity index is 7540. The predicted molar refractivity (Wildman–Crippen MR) is 587 cm³/mol. The molecule has 36 nitrogen and oxygen atoms in total. The SMILES string of the molecule is CC1=NN(C)C(=O)/C1=C\C1C(=O)N(C)N=C1C.CC1=NN(c2ccc(C)cc2)C(=O)/C1=C\C1C(=O)N(c2ccc(C)cc2)N=C1C.CC1=NN(c2cccc(C)c2)C(=O)/C1=C\C1C(=O)N(c2cccc(C)c2)N=C1C.CC1=NN(c2ccccc2)C(=O)/C1=C\C1C(=O)N(c2ccccc2)N=C1C.CC1=NN(c2ccccc2C)C(=O)/C1=C\C1C(=O)N(c2ccccc2C)N=C1C.CCN1N=C(C)/C(=C/C2C(=O)N(CC)N=C2C)C1=O. The van der Waals surface area contributed by atoms with E-state index in [1.807, 2.05) is 269 Å². The molecule has 12 aliphatic rings. The normalized spacial score (nSPS) is 22.0. The molecule has 0 fully saturated rings. The highest BCUT2D eigenvalue weighted by atomic mass is 16.2. The maximum atomic E-state index is 13.1. The number of likely N-dealkylation sites (N-methyl/N-ethyl adjacent to an activating group) is 2. The molecule has 12 heterocycles. The van der Waals surface area contributed by atoms with Gasteiger partial charge >= 0.3 is 0 Å². The van der Waals surface area contributed by atoms with Crippen molar-refractivity contribution in [2.75, 3.05) is 67.3 Å². The average Bonchev–Trinajstić information content (AvgIpc) is 1.64. The number of carbonyl (C=O) groups is 12. The van der Waals surface area contributed by atoms with E-state index in [-0.39, 0.29) is 70.9 Å². The van der Waals surface area contributed by atoms with E-state index in [1.54, 1.807) is 127 Å². The molecule has 6 atom stereocenters. The molecular weight excluding hydrogens is 1900 g/mol. The van der Waals surface area contributed by atoms with E-state index in [2.05, 4.69) is 61.2 Å². The lowest BCUT2D eigenvalue weighted by molar-refractivity contribution is -0.131. The van der Waals surface area contributed by atoms with Gasteiger partial charge in [-0.05, 0) is 246 Å². The molecule has 6 unspecified atom stereocenters. The van der Waals surface area contributed by atoms with E-state index >= 15 is 0 Å². The number of nitrogens with zero attached hydrogens (tertiary/aromatic N) is 24. The summed E-state index contributed by atoms with van der Waals surface area (Å²) in [6, 6.07) is 64.1. The first-order chi connectivity index (χ1) is 71.5. The topological polar surface area (TPSA) is 392 Å². The second kappa shape index (κ2) is 44.8. The lowest BCUT2D eigenvalue weighted by Gasteiger charge is -2.16. The monoisotopic (exact) mass is 2010 g/mol. The highest BCUT2D eigenvalue weighted by Gasteiger charge is 2.45. The summed E-state index contributed by atoms with van der Waals surface area (Å²) >= 11 is 0. The van der Waals surface area contributed by atoms with Crippen LogP contribution in [0.4, 0.5) is 45.5 Å². The van der Waals surface area contributed by atoms with Crippen molar-refractivity contribution < 1.29 is 57.5 Å². The van der Waals surface area contributed by atoms with Crippen LogP contribution >= 0.6 is 0 Å². The first-order valence-corrected chi connectivity index (χ1v) is 48.9. The zero-order valence-corrected chi connectivity index (χ0v) is 87.6. The van der Waals surface area contributed by atoms with Gasteiger partial charge in [-0.25, -0.2) is 20.0 Å². The third-order valence-electron chi connectivity index (χ3n) is 26.2. The van der Waals surface area contributed by atoms with E-state index in [1.165, 1.54) is 60.1 Å². The van der Waals surface area contributed by atoms with Crippen LogP contribution in [0.1, 0.15) is 130 Å². The maximum absolute atomic E-state index is 13.1. The van der Waals surface area contributed by atoms with Gasteiger partial charge in [-0.3, -0.25) is 57.5 Å². The summed E-state index contributed by atoms with van der Waals surface area (Å²) in [5.74, 6) is -5.38. The molecule has 20 rings (SSSR count). The van der Waals surface area contributed by atoms with Crippen LogP contribution in [0.2, 0.25) is 0 Å². The van der Waals surface area contributed by atoms with Gasteiger partial charge < -0.3 is 0 Å². The number of carbonyl (C=O) groups excluding carboxylic acids is 12. The molecule has 0 saturated heterocycles. The fourth-order valence-electron chi connectivity index (χ4n) is 17.8. The number of hydrazone groups is 12. The quantitative estimate of drug-likeness (QED) is 0.0815. The largest absolute Gasteiger partial charge is 0.280 e. The van der Waals surface area contributed by atoms with Crippen molar-refractivity contribution in [1.29, 1.82) is 0 Å². The van der Waals surface area contributed by atoms with Gasteiger partial charge in [-0.2, -0.15) is 101 Å². The summed E-state index contributed by atoms with van der Waals surface area (Å²) in [5.41, 5.74) is 22.4. The van der Waals surface area contributed by atoms with Crippen LogP contribution in [-0.2, 0) is 57.5 Å². The number of anilines is 8. The van der Waals surface area contributed by atoms with Gasteiger partial charge in [0.1, 0.15) is 0 Å². The predicted octanol–water partition coefficient (Wildman–Crippen LogP) is 16.6. The number of amides is 12. The Kier molecular flexibility index (Phi) is 31.7. The van der Waals surface area contributed by atoms with Crippen molar-refractivity contribution in [3.05, 3.63) is 310 Å². The van der Waals surface area contributed by atoms with Crippen LogP contribution in [0.25, 0.3) is 0 Å². The highest BCUT2D eigenvalue weighted by molar-refractivity contribution is 6.35. The van der Waals surface area contributed by atoms with Gasteiger partial charge in [-0.15, -0.1) is 0 Å². The molecule has 764 valence electrons. The average molecular weight is 2010 g/mol. The van der Waals surface area contributed by atoms with Crippen molar-refractivity contribution in [2.45, 2.75) is 138 Å². The molecule has 0 bridgehead atoms. The fraction of sp³-hybridized carbons (Fsp3) is 0.263. The van der Waals surface area contributed by atoms with Crippen molar-refractivity contribution in [1.82, 2.24) is 20.0 Å². The molecule has 0 radical (unpaired) electrons. The van der Waals surface area contributed by atoms with E-state index in [0.29, 0.717) is 138 Å². The second-order valence-electron chi connectivity index (χ2n) is 37.3. The van der Waals surface area contributed by atoms with Crippen molar-refractivity contribution in [2.24, 2.45) is 96.7 Å². The van der Waals surface area contributed by atoms with Crippen molar-refractivity contribution >= 4 is 185 Å². The standard InChI is InChI=1S/3C23H22N4O2.C21H18N4O2.C13H18N4O2.C11H14N4O2/c1-14-5-9-18(10-6-14)26-22(28)20(16(3)24-26)13-21-17(4)25-27(23(21)29)19-11-7-15(2)8-12-19;1-14-7-5-9-18(11-14)26-22(28)20(16(3)24-26)13-21-17(4)25-27(23(21)29)19-10-6-8-15(2)12-19;1-14-9-5-7-11-20(14)26-22(28)18(16(3)24-26)13-19-17(4)25-27(23(19)29)21-12-8-6-10-15(21)2;1-14-18(20(26)24(22-14)16-9-5-3-6-10-16)13-19-15(2)23-25(21(19)27)17-11-7-4-8-12-17;1-5-16-12(18)10(8(3)14-16)7-11-9(4)15-17(6-2)13(11)19;1-6-8(10(16)14(3)12-6)5-9-7(2)13-15(4)11(9)17/h2*5-13,20H,1-4H3;5-13,18H,1-4H3;3-13,18H,1-2H3;7,10H,5-6H2,1-4H3;5,8H,1-4H3/b2*21-13-;2*19-13-;11-7-;9-5-. The lowest BCUT2D eigenvalue weighted by Crippen LogP contribution is -2.28. The zero-order valence-electron chi connectivity index (χ0n) is 87.6. The number of hydrogen-bond donors (Lipinski definition) is 0. The Labute approximate surface area is 869 Å². The third kappa shape index (κ3) is 22.2. The fourth-order valence-corrected chi connectivity index (χ4v) is 17.8. The van der Waals surface area contributed by atoms with E-state index < -0.39 is 35.5 Å². The molecule has 8 aromatic rings. The molecule has 8 aromatic carbocycles. The summed E-state index contributed by atoms with van der Waals surface area (Å²) in [7, 11) is 3.20. The van der Waals surface area contributed by atoms with Crippen molar-refractivity contribution in [3.8, 4) is 0 Å². The molecule has 0 N–H and O–H groups in total. The number of para-hydroxylation sites is 4. The molecule has 0 saturated carbocycles. The van der Waals surface area contributed by atoms with Crippen LogP contribution in [0.5, 0.6) is 0 Å². The minimum absolute atomic E-state index is 0.0805. The van der Waals surface area contributed by atoms with Crippen LogP contribution in [0.3, 0.4) is 0 Å². The van der Waals surface area contributed by atoms with Gasteiger partial charge in [0.05, 0.1) is 183 Å². The Balaban J connectivity index is 0.000000136. The minimum Gasteiger partial charge on any atom is -0.272 e. The second-order valence-corrected chi connectivity index (χ2v) is 37.3. The number of aryl methyl sites for hydroxylation is 6. The minimum atomic E-state index is -0.587. The summed E-state index contributed by atoms with van der Waals surface area (Å²) in [4.78, 5) is 152. The Morgan fingerprint density at radius 2 is 0.493 bits per heavy atom. The molecular formula is C114H116N24O12. The first-order valence-electron chi connectivity index (χ1n) is 48.9. The molecule has 0 aromatic heterocycles. The van der Waals surface area contributed by atoms with Gasteiger partial charge in [0, 0.05) is 27.2 Å². The van der Waals surface area contributed by atoms with Gasteiger partial charge in [0.25, 0.3) is 70.9 Å². The van der Waals surface area contributed by atoms with Gasteiger partial charge in [0.2, 0.25) is 0 Å². The van der Waals surface area contributed by atoms with E-state index in [0.717, 1.165) is 56.2 Å². The maximum Gasteiger partial charge on any atom is 0.280 e. The molecule has 150 heavy (non-hydrogen) atoms.